The maximum atomic E-state index is 13.4. The van der Waals surface area contributed by atoms with E-state index in [2.05, 4.69) is 22.3 Å². The van der Waals surface area contributed by atoms with Crippen LogP contribution in [0, 0.1) is 5.92 Å². The van der Waals surface area contributed by atoms with Crippen molar-refractivity contribution in [3.8, 4) is 16.9 Å². The average Bonchev–Trinajstić information content (AvgIpc) is 3.39. The van der Waals surface area contributed by atoms with E-state index < -0.39 is 0 Å². The van der Waals surface area contributed by atoms with Crippen molar-refractivity contribution in [3.05, 3.63) is 36.7 Å². The molecule has 0 bridgehead atoms. The summed E-state index contributed by atoms with van der Waals surface area (Å²) in [4.78, 5) is 14.9. The summed E-state index contributed by atoms with van der Waals surface area (Å²) in [6.45, 7) is 6.28. The van der Waals surface area contributed by atoms with E-state index in [1.54, 1.807) is 30.5 Å². The first-order valence-corrected chi connectivity index (χ1v) is 11.8. The minimum Gasteiger partial charge on any atom is -0.495 e. The number of hydrogen-bond acceptors (Lipinski definition) is 6. The van der Waals surface area contributed by atoms with E-state index in [1.165, 1.54) is 30.1 Å². The Morgan fingerprint density at radius 1 is 1.12 bits per heavy atom. The predicted octanol–water partition coefficient (Wildman–Crippen LogP) is 6.83. The maximum Gasteiger partial charge on any atom is 0.212 e. The molecule has 3 aromatic heterocycles. The molecule has 11 heteroatoms. The third-order valence-electron chi connectivity index (χ3n) is 5.00. The molecule has 0 radical (unpaired) electrons. The van der Waals surface area contributed by atoms with Crippen LogP contribution in [-0.4, -0.2) is 31.7 Å². The molecule has 33 heavy (non-hydrogen) atoms. The molecule has 1 amide bonds. The molecule has 0 unspecified atom stereocenters. The van der Waals surface area contributed by atoms with E-state index in [0.717, 1.165) is 10.0 Å². The second-order valence-electron chi connectivity index (χ2n) is 7.12. The van der Waals surface area contributed by atoms with Gasteiger partial charge in [0.15, 0.2) is 30.3 Å². The van der Waals surface area contributed by atoms with Crippen molar-refractivity contribution in [2.75, 3.05) is 12.4 Å². The lowest BCUT2D eigenvalue weighted by Crippen LogP contribution is -1.97. The molecular weight excluding hydrogens is 468 g/mol. The van der Waals surface area contributed by atoms with Gasteiger partial charge in [0.2, 0.25) is 6.41 Å². The summed E-state index contributed by atoms with van der Waals surface area (Å²) >= 11 is -0.0169. The third kappa shape index (κ3) is 5.25. The number of rotatable bonds is 6. The first-order valence-electron chi connectivity index (χ1n) is 10.5. The molecule has 176 valence electrons. The number of halogens is 2. The van der Waals surface area contributed by atoms with E-state index in [4.69, 9.17) is 4.74 Å². The fraction of sp³-hybridized carbons (Fsp3) is 0.318. The summed E-state index contributed by atoms with van der Waals surface area (Å²) in [5.41, 5.74) is 2.27. The zero-order chi connectivity index (χ0) is 24.0. The van der Waals surface area contributed by atoms with E-state index in [1.807, 2.05) is 13.8 Å². The van der Waals surface area contributed by atoms with Crippen molar-refractivity contribution in [3.63, 3.8) is 0 Å². The number of nitrogens with one attached hydrogen (secondary N) is 1. The molecule has 0 saturated heterocycles. The Balaban J connectivity index is 0.000000452. The summed E-state index contributed by atoms with van der Waals surface area (Å²) in [6, 6.07) is 6.83. The highest BCUT2D eigenvalue weighted by Crippen LogP contribution is 2.41. The van der Waals surface area contributed by atoms with Gasteiger partial charge in [0.1, 0.15) is 11.6 Å². The number of anilines is 1. The SMILES string of the molecule is CC.CC1CC1.COc1c(-c2cn(SF)c3nc(NC=O)ccc23)ccc2c1cnn2SF. The zero-order valence-corrected chi connectivity index (χ0v) is 20.3. The van der Waals surface area contributed by atoms with Crippen LogP contribution in [0.5, 0.6) is 5.75 Å². The first kappa shape index (κ1) is 24.8. The van der Waals surface area contributed by atoms with Crippen molar-refractivity contribution in [2.45, 2.75) is 33.6 Å². The number of aromatic nitrogens is 4. The summed E-state index contributed by atoms with van der Waals surface area (Å²) < 4.78 is 34.4. The average molecular weight is 494 g/mol. The fourth-order valence-corrected chi connectivity index (χ4v) is 3.86. The van der Waals surface area contributed by atoms with E-state index in [0.29, 0.717) is 51.0 Å². The largest absolute Gasteiger partial charge is 0.495 e. The topological polar surface area (TPSA) is 74.0 Å². The molecule has 0 atom stereocenters. The van der Waals surface area contributed by atoms with Gasteiger partial charge in [0, 0.05) is 22.7 Å². The highest BCUT2D eigenvalue weighted by Gasteiger charge is 2.19. The van der Waals surface area contributed by atoms with E-state index >= 15 is 0 Å². The van der Waals surface area contributed by atoms with Gasteiger partial charge in [-0.2, -0.15) is 9.19 Å². The Hall–Kier alpha value is -2.79. The molecule has 0 spiro atoms. The lowest BCUT2D eigenvalue weighted by Gasteiger charge is -2.09. The van der Waals surface area contributed by atoms with Crippen LogP contribution in [0.1, 0.15) is 33.6 Å². The molecular formula is C22H25F2N5O2S2. The van der Waals surface area contributed by atoms with Gasteiger partial charge in [-0.15, -0.1) is 7.77 Å². The number of nitrogens with zero attached hydrogens (tertiary/aromatic N) is 4. The standard InChI is InChI=1S/C16H11F2N5O2S2.C4H8.C2H6/c1-25-15-9(2-4-13-11(15)6-20-23(13)27-18)12-7-22(26-17)16-10(12)3-5-14(21-16)19-8-24;1-4-2-3-4;1-2/h2-8H,1H3,(H,19,21,24);4H,2-3H2,1H3;1-2H3. The van der Waals surface area contributed by atoms with Gasteiger partial charge in [-0.25, -0.2) is 8.96 Å². The first-order chi connectivity index (χ1) is 16.1. The second kappa shape index (κ2) is 11.4. The van der Waals surface area contributed by atoms with Crippen molar-refractivity contribution in [1.29, 1.82) is 0 Å². The smallest absolute Gasteiger partial charge is 0.212 e. The number of pyridine rings is 1. The summed E-state index contributed by atoms with van der Waals surface area (Å²) in [5, 5.41) is 7.71. The Morgan fingerprint density at radius 2 is 1.85 bits per heavy atom. The van der Waals surface area contributed by atoms with Crippen LogP contribution in [0.15, 0.2) is 36.7 Å². The van der Waals surface area contributed by atoms with Gasteiger partial charge in [0.25, 0.3) is 0 Å². The molecule has 7 nitrogen and oxygen atoms in total. The van der Waals surface area contributed by atoms with Crippen molar-refractivity contribution in [1.82, 2.24) is 18.1 Å². The molecule has 1 aliphatic rings. The summed E-state index contributed by atoms with van der Waals surface area (Å²) in [5.74, 6) is 1.88. The molecule has 1 aromatic carbocycles. The number of fused-ring (bicyclic) bond motifs is 2. The van der Waals surface area contributed by atoms with Crippen LogP contribution in [0.2, 0.25) is 0 Å². The normalized spacial score (nSPS) is 12.5. The van der Waals surface area contributed by atoms with Gasteiger partial charge in [0.05, 0.1) is 24.2 Å². The van der Waals surface area contributed by atoms with E-state index in [-0.39, 0.29) is 24.7 Å². The van der Waals surface area contributed by atoms with Gasteiger partial charge in [-0.05, 0) is 30.2 Å². The van der Waals surface area contributed by atoms with Crippen LogP contribution in [-0.2, 0) is 4.79 Å². The van der Waals surface area contributed by atoms with Crippen LogP contribution in [0.25, 0.3) is 33.1 Å². The molecule has 1 aliphatic carbocycles. The van der Waals surface area contributed by atoms with Gasteiger partial charge in [-0.1, -0.05) is 33.6 Å². The van der Waals surface area contributed by atoms with Crippen LogP contribution < -0.4 is 10.1 Å². The Morgan fingerprint density at radius 3 is 2.42 bits per heavy atom. The molecule has 4 aromatic rings. The van der Waals surface area contributed by atoms with Gasteiger partial charge in [-0.3, -0.25) is 4.79 Å². The van der Waals surface area contributed by atoms with Crippen LogP contribution in [0.4, 0.5) is 13.6 Å². The van der Waals surface area contributed by atoms with Gasteiger partial charge >= 0.3 is 0 Å². The summed E-state index contributed by atoms with van der Waals surface area (Å²) in [7, 11) is 1.51. The van der Waals surface area contributed by atoms with E-state index in [9.17, 15) is 12.6 Å². The second-order valence-corrected chi connectivity index (χ2v) is 8.13. The quantitative estimate of drug-likeness (QED) is 0.297. The zero-order valence-electron chi connectivity index (χ0n) is 18.7. The Bertz CT molecular complexity index is 1240. The highest BCUT2D eigenvalue weighted by atomic mass is 32.2. The Labute approximate surface area is 199 Å². The number of ether oxygens (including phenoxy) is 1. The number of methoxy groups -OCH3 is 1. The Kier molecular flexibility index (Phi) is 8.56. The fourth-order valence-electron chi connectivity index (χ4n) is 3.19. The lowest BCUT2D eigenvalue weighted by atomic mass is 10.0. The number of hydrogen-bond donors (Lipinski definition) is 1. The highest BCUT2D eigenvalue weighted by molar-refractivity contribution is 7.93. The van der Waals surface area contributed by atoms with Crippen molar-refractivity contribution >= 4 is 58.8 Å². The van der Waals surface area contributed by atoms with Crippen LogP contribution in [0.3, 0.4) is 0 Å². The molecule has 1 N–H and O–H groups in total. The lowest BCUT2D eigenvalue weighted by molar-refractivity contribution is -0.105. The molecule has 5 rings (SSSR count). The molecule has 1 saturated carbocycles. The predicted molar refractivity (Wildman–Crippen MR) is 133 cm³/mol. The molecule has 3 heterocycles. The van der Waals surface area contributed by atoms with Gasteiger partial charge < -0.3 is 10.1 Å². The number of carbonyl (C=O) groups is 1. The summed E-state index contributed by atoms with van der Waals surface area (Å²) in [6.07, 6.45) is 6.57. The molecule has 0 aliphatic heterocycles. The minimum atomic E-state index is -0.0101. The maximum absolute atomic E-state index is 13.4. The van der Waals surface area contributed by atoms with Crippen LogP contribution >= 0.6 is 24.7 Å². The minimum absolute atomic E-state index is 0.00674. The monoisotopic (exact) mass is 493 g/mol. The molecule has 1 fully saturated rings. The van der Waals surface area contributed by atoms with Crippen molar-refractivity contribution < 1.29 is 17.3 Å². The van der Waals surface area contributed by atoms with Crippen molar-refractivity contribution in [2.24, 2.45) is 5.92 Å². The number of carbonyl (C=O) groups excluding carboxylic acids is 1. The third-order valence-corrected chi connectivity index (χ3v) is 5.85. The number of amides is 1. The number of benzene rings is 1.